The van der Waals surface area contributed by atoms with Crippen molar-refractivity contribution in [3.8, 4) is 0 Å². The number of hydrogen-bond acceptors (Lipinski definition) is 1. The van der Waals surface area contributed by atoms with Gasteiger partial charge in [-0.05, 0) is 42.7 Å². The maximum absolute atomic E-state index is 12.8. The van der Waals surface area contributed by atoms with Crippen LogP contribution in [0, 0.1) is 5.82 Å². The molecule has 4 heteroatoms. The Bertz CT molecular complexity index is 606. The quantitative estimate of drug-likeness (QED) is 0.878. The highest BCUT2D eigenvalue weighted by molar-refractivity contribution is 5.90. The lowest BCUT2D eigenvalue weighted by molar-refractivity contribution is 0.247. The van der Waals surface area contributed by atoms with Crippen molar-refractivity contribution in [1.82, 2.24) is 5.32 Å². The number of urea groups is 1. The molecule has 1 aliphatic rings. The first-order valence-electron chi connectivity index (χ1n) is 6.58. The molecule has 2 aromatic rings. The summed E-state index contributed by atoms with van der Waals surface area (Å²) >= 11 is 0. The molecule has 0 saturated heterocycles. The van der Waals surface area contributed by atoms with Crippen LogP contribution in [0.4, 0.5) is 14.9 Å². The first-order valence-corrected chi connectivity index (χ1v) is 6.58. The molecule has 0 unspecified atom stereocenters. The SMILES string of the molecule is O=C(Nc1ccc(F)cc1)NC1(c2ccccc2)CC1. The van der Waals surface area contributed by atoms with Gasteiger partial charge in [0.25, 0.3) is 0 Å². The van der Waals surface area contributed by atoms with Crippen molar-refractivity contribution >= 4 is 11.7 Å². The van der Waals surface area contributed by atoms with Gasteiger partial charge in [-0.2, -0.15) is 0 Å². The molecule has 2 amide bonds. The molecule has 0 aliphatic heterocycles. The molecule has 0 atom stereocenters. The smallest absolute Gasteiger partial charge is 0.319 e. The minimum atomic E-state index is -0.320. The van der Waals surface area contributed by atoms with Crippen LogP contribution in [-0.4, -0.2) is 6.03 Å². The molecule has 1 saturated carbocycles. The van der Waals surface area contributed by atoms with E-state index in [1.54, 1.807) is 0 Å². The Morgan fingerprint density at radius 2 is 1.65 bits per heavy atom. The summed E-state index contributed by atoms with van der Waals surface area (Å²) in [6.07, 6.45) is 1.88. The van der Waals surface area contributed by atoms with Gasteiger partial charge in [-0.1, -0.05) is 30.3 Å². The second-order valence-electron chi connectivity index (χ2n) is 5.03. The number of carbonyl (C=O) groups excluding carboxylic acids is 1. The zero-order valence-electron chi connectivity index (χ0n) is 10.9. The molecular formula is C16H15FN2O. The van der Waals surface area contributed by atoms with Crippen LogP contribution in [0.2, 0.25) is 0 Å². The fourth-order valence-corrected chi connectivity index (χ4v) is 2.28. The van der Waals surface area contributed by atoms with Crippen molar-refractivity contribution in [3.63, 3.8) is 0 Å². The molecule has 0 aromatic heterocycles. The summed E-state index contributed by atoms with van der Waals surface area (Å²) in [5.74, 6) is -0.320. The zero-order valence-corrected chi connectivity index (χ0v) is 10.9. The Morgan fingerprint density at radius 1 is 1.00 bits per heavy atom. The van der Waals surface area contributed by atoms with E-state index in [2.05, 4.69) is 10.6 Å². The lowest BCUT2D eigenvalue weighted by atomic mass is 10.1. The van der Waals surface area contributed by atoms with Crippen LogP contribution >= 0.6 is 0 Å². The van der Waals surface area contributed by atoms with Crippen molar-refractivity contribution in [2.45, 2.75) is 18.4 Å². The number of carbonyl (C=O) groups is 1. The predicted molar refractivity (Wildman–Crippen MR) is 75.9 cm³/mol. The average molecular weight is 270 g/mol. The van der Waals surface area contributed by atoms with E-state index in [0.29, 0.717) is 5.69 Å². The van der Waals surface area contributed by atoms with Gasteiger partial charge in [0.05, 0.1) is 5.54 Å². The fourth-order valence-electron chi connectivity index (χ4n) is 2.28. The second kappa shape index (κ2) is 4.96. The van der Waals surface area contributed by atoms with Gasteiger partial charge in [0.15, 0.2) is 0 Å². The number of anilines is 1. The van der Waals surface area contributed by atoms with Crippen LogP contribution < -0.4 is 10.6 Å². The van der Waals surface area contributed by atoms with Crippen molar-refractivity contribution < 1.29 is 9.18 Å². The van der Waals surface area contributed by atoms with Gasteiger partial charge in [0.1, 0.15) is 5.82 Å². The summed E-state index contributed by atoms with van der Waals surface area (Å²) in [6.45, 7) is 0. The van der Waals surface area contributed by atoms with Crippen LogP contribution in [-0.2, 0) is 5.54 Å². The third kappa shape index (κ3) is 2.64. The maximum atomic E-state index is 12.8. The van der Waals surface area contributed by atoms with Gasteiger partial charge < -0.3 is 10.6 Å². The number of hydrogen-bond donors (Lipinski definition) is 2. The lowest BCUT2D eigenvalue weighted by Gasteiger charge is -2.18. The van der Waals surface area contributed by atoms with Crippen molar-refractivity contribution in [1.29, 1.82) is 0 Å². The molecule has 2 N–H and O–H groups in total. The summed E-state index contributed by atoms with van der Waals surface area (Å²) < 4.78 is 12.8. The van der Waals surface area contributed by atoms with Gasteiger partial charge in [-0.15, -0.1) is 0 Å². The van der Waals surface area contributed by atoms with Crippen molar-refractivity contribution in [3.05, 3.63) is 66.0 Å². The normalized spacial score (nSPS) is 15.4. The molecular weight excluding hydrogens is 255 g/mol. The maximum Gasteiger partial charge on any atom is 0.319 e. The molecule has 1 fully saturated rings. The topological polar surface area (TPSA) is 41.1 Å². The molecule has 1 aliphatic carbocycles. The Balaban J connectivity index is 1.66. The Labute approximate surface area is 116 Å². The lowest BCUT2D eigenvalue weighted by Crippen LogP contribution is -2.38. The second-order valence-corrected chi connectivity index (χ2v) is 5.03. The summed E-state index contributed by atoms with van der Waals surface area (Å²) in [7, 11) is 0. The molecule has 0 radical (unpaired) electrons. The molecule has 20 heavy (non-hydrogen) atoms. The third-order valence-electron chi connectivity index (χ3n) is 3.53. The fraction of sp³-hybridized carbons (Fsp3) is 0.188. The van der Waals surface area contributed by atoms with Crippen LogP contribution in [0.25, 0.3) is 0 Å². The number of amides is 2. The van der Waals surface area contributed by atoms with Crippen molar-refractivity contribution in [2.24, 2.45) is 0 Å². The first-order chi connectivity index (χ1) is 9.68. The molecule has 102 valence electrons. The summed E-state index contributed by atoms with van der Waals surface area (Å²) in [6, 6.07) is 15.4. The molecule has 0 heterocycles. The van der Waals surface area contributed by atoms with E-state index in [4.69, 9.17) is 0 Å². The minimum absolute atomic E-state index is 0.245. The molecule has 0 bridgehead atoms. The Kier molecular flexibility index (Phi) is 3.14. The number of nitrogens with one attached hydrogen (secondary N) is 2. The summed E-state index contributed by atoms with van der Waals surface area (Å²) in [5, 5.41) is 5.72. The van der Waals surface area contributed by atoms with Gasteiger partial charge in [-0.3, -0.25) is 0 Å². The van der Waals surface area contributed by atoms with Gasteiger partial charge in [0.2, 0.25) is 0 Å². The molecule has 2 aromatic carbocycles. The number of rotatable bonds is 3. The van der Waals surface area contributed by atoms with E-state index in [0.717, 1.165) is 18.4 Å². The Hall–Kier alpha value is -2.36. The highest BCUT2D eigenvalue weighted by Crippen LogP contribution is 2.45. The van der Waals surface area contributed by atoms with Crippen molar-refractivity contribution in [2.75, 3.05) is 5.32 Å². The predicted octanol–water partition coefficient (Wildman–Crippen LogP) is 3.64. The standard InChI is InChI=1S/C16H15FN2O/c17-13-6-8-14(9-7-13)18-15(20)19-16(10-11-16)12-4-2-1-3-5-12/h1-9H,10-11H2,(H2,18,19,20). The van der Waals surface area contributed by atoms with Gasteiger partial charge >= 0.3 is 6.03 Å². The van der Waals surface area contributed by atoms with E-state index >= 15 is 0 Å². The van der Waals surface area contributed by atoms with Gasteiger partial charge in [-0.25, -0.2) is 9.18 Å². The monoisotopic (exact) mass is 270 g/mol. The highest BCUT2D eigenvalue weighted by Gasteiger charge is 2.45. The number of benzene rings is 2. The van der Waals surface area contributed by atoms with Crippen LogP contribution in [0.3, 0.4) is 0 Å². The van der Waals surface area contributed by atoms with Gasteiger partial charge in [0, 0.05) is 5.69 Å². The van der Waals surface area contributed by atoms with Crippen LogP contribution in [0.1, 0.15) is 18.4 Å². The van der Waals surface area contributed by atoms with E-state index in [-0.39, 0.29) is 17.4 Å². The van der Waals surface area contributed by atoms with E-state index in [9.17, 15) is 9.18 Å². The highest BCUT2D eigenvalue weighted by atomic mass is 19.1. The average Bonchev–Trinajstić information content (AvgIpc) is 3.23. The third-order valence-corrected chi connectivity index (χ3v) is 3.53. The van der Waals surface area contributed by atoms with Crippen LogP contribution in [0.5, 0.6) is 0 Å². The zero-order chi connectivity index (χ0) is 14.0. The molecule has 3 nitrogen and oxygen atoms in total. The summed E-state index contributed by atoms with van der Waals surface area (Å²) in [4.78, 5) is 12.0. The van der Waals surface area contributed by atoms with E-state index in [1.165, 1.54) is 24.3 Å². The van der Waals surface area contributed by atoms with E-state index in [1.807, 2.05) is 30.3 Å². The molecule has 0 spiro atoms. The largest absolute Gasteiger partial charge is 0.328 e. The first kappa shape index (κ1) is 12.7. The van der Waals surface area contributed by atoms with E-state index < -0.39 is 0 Å². The Morgan fingerprint density at radius 3 is 2.25 bits per heavy atom. The summed E-state index contributed by atoms with van der Waals surface area (Å²) in [5.41, 5.74) is 1.45. The molecule has 3 rings (SSSR count). The number of halogens is 1. The van der Waals surface area contributed by atoms with Crippen LogP contribution in [0.15, 0.2) is 54.6 Å². The minimum Gasteiger partial charge on any atom is -0.328 e.